The number of hydrogen-bond acceptors (Lipinski definition) is 7. The van der Waals surface area contributed by atoms with Gasteiger partial charge in [-0.3, -0.25) is 14.6 Å². The van der Waals surface area contributed by atoms with Gasteiger partial charge in [0.2, 0.25) is 0 Å². The number of rotatable bonds is 12. The molecule has 0 bridgehead atoms. The average Bonchev–Trinajstić information content (AvgIpc) is 3.27. The summed E-state index contributed by atoms with van der Waals surface area (Å²) in [5.41, 5.74) is 10.1. The van der Waals surface area contributed by atoms with E-state index in [0.29, 0.717) is 23.1 Å². The van der Waals surface area contributed by atoms with E-state index in [1.165, 1.54) is 0 Å². The molecule has 2 amide bonds. The van der Waals surface area contributed by atoms with Gasteiger partial charge in [0.05, 0.1) is 18.7 Å². The highest BCUT2D eigenvalue weighted by Crippen LogP contribution is 2.48. The van der Waals surface area contributed by atoms with E-state index in [4.69, 9.17) is 21.3 Å². The molecule has 0 radical (unpaired) electrons. The van der Waals surface area contributed by atoms with Gasteiger partial charge in [-0.1, -0.05) is 58.9 Å². The van der Waals surface area contributed by atoms with Crippen LogP contribution in [0, 0.1) is 17.3 Å². The maximum Gasteiger partial charge on any atom is 0.275 e. The lowest BCUT2D eigenvalue weighted by atomic mass is 9.75. The average molecular weight is 632 g/mol. The second-order valence-electron chi connectivity index (χ2n) is 14.5. The Morgan fingerprint density at radius 1 is 1.11 bits per heavy atom. The van der Waals surface area contributed by atoms with Gasteiger partial charge in [0.1, 0.15) is 23.0 Å². The summed E-state index contributed by atoms with van der Waals surface area (Å²) in [5, 5.41) is 6.43. The SMILES string of the molecule is CC(C)Oc1cccc(C2=NC3(CCC(C(C)C)CC3)N([C@H](CCC(C)(C)C)c3ccc(C(=O)NCC(N)=NNN)cc3)C2=O)c1. The van der Waals surface area contributed by atoms with Crippen molar-refractivity contribution in [2.24, 2.45) is 38.9 Å². The van der Waals surface area contributed by atoms with E-state index in [1.807, 2.05) is 50.2 Å². The zero-order valence-corrected chi connectivity index (χ0v) is 28.6. The van der Waals surface area contributed by atoms with Gasteiger partial charge in [0, 0.05) is 11.1 Å². The number of amidine groups is 1. The minimum absolute atomic E-state index is 0.0193. The first-order valence-corrected chi connectivity index (χ1v) is 16.6. The molecule has 1 spiro atoms. The van der Waals surface area contributed by atoms with Crippen molar-refractivity contribution in [2.45, 2.75) is 105 Å². The van der Waals surface area contributed by atoms with Crippen molar-refractivity contribution in [1.29, 1.82) is 0 Å². The van der Waals surface area contributed by atoms with Crippen molar-refractivity contribution in [1.82, 2.24) is 15.8 Å². The van der Waals surface area contributed by atoms with E-state index < -0.39 is 5.66 Å². The molecule has 46 heavy (non-hydrogen) atoms. The molecule has 10 heteroatoms. The fourth-order valence-corrected chi connectivity index (χ4v) is 6.61. The molecule has 1 fully saturated rings. The van der Waals surface area contributed by atoms with Gasteiger partial charge in [-0.2, -0.15) is 5.10 Å². The number of hydrazine groups is 1. The quantitative estimate of drug-likeness (QED) is 0.103. The minimum atomic E-state index is -0.626. The van der Waals surface area contributed by atoms with Crippen LogP contribution in [0.15, 0.2) is 58.6 Å². The highest BCUT2D eigenvalue weighted by molar-refractivity contribution is 6.46. The molecule has 0 unspecified atom stereocenters. The Bertz CT molecular complexity index is 1420. The lowest BCUT2D eigenvalue weighted by Gasteiger charge is -2.46. The molecule has 2 aromatic rings. The van der Waals surface area contributed by atoms with E-state index in [1.54, 1.807) is 12.1 Å². The van der Waals surface area contributed by atoms with E-state index >= 15 is 0 Å². The molecule has 2 aliphatic rings. The summed E-state index contributed by atoms with van der Waals surface area (Å²) >= 11 is 0. The van der Waals surface area contributed by atoms with Crippen LogP contribution in [0.1, 0.15) is 115 Å². The van der Waals surface area contributed by atoms with E-state index in [9.17, 15) is 9.59 Å². The van der Waals surface area contributed by atoms with Gasteiger partial charge in [0.25, 0.3) is 11.8 Å². The van der Waals surface area contributed by atoms with E-state index in [0.717, 1.165) is 55.4 Å². The highest BCUT2D eigenvalue weighted by atomic mass is 16.5. The molecule has 0 aromatic heterocycles. The first-order chi connectivity index (χ1) is 21.7. The second kappa shape index (κ2) is 14.7. The van der Waals surface area contributed by atoms with Crippen molar-refractivity contribution >= 4 is 23.4 Å². The predicted octanol–water partition coefficient (Wildman–Crippen LogP) is 5.68. The predicted molar refractivity (Wildman–Crippen MR) is 184 cm³/mol. The van der Waals surface area contributed by atoms with Crippen LogP contribution in [-0.2, 0) is 4.79 Å². The Kier molecular flexibility index (Phi) is 11.1. The Balaban J connectivity index is 1.72. The third-order valence-electron chi connectivity index (χ3n) is 9.12. The first-order valence-electron chi connectivity index (χ1n) is 16.6. The van der Waals surface area contributed by atoms with Crippen molar-refractivity contribution in [3.8, 4) is 5.75 Å². The van der Waals surface area contributed by atoms with E-state index in [2.05, 4.69) is 55.5 Å². The summed E-state index contributed by atoms with van der Waals surface area (Å²) in [6.45, 7) is 15.3. The molecule has 2 aromatic carbocycles. The smallest absolute Gasteiger partial charge is 0.275 e. The molecule has 1 atom stereocenters. The number of carbonyl (C=O) groups excluding carboxylic acids is 2. The van der Waals surface area contributed by atoms with Gasteiger partial charge in [-0.15, -0.1) is 0 Å². The maximum absolute atomic E-state index is 14.7. The fraction of sp³-hybridized carbons (Fsp3) is 0.556. The van der Waals surface area contributed by atoms with Crippen LogP contribution in [0.2, 0.25) is 0 Å². The van der Waals surface area contributed by atoms with Crippen LogP contribution >= 0.6 is 0 Å². The number of hydrogen-bond donors (Lipinski definition) is 4. The normalized spacial score (nSPS) is 21.1. The first kappa shape index (κ1) is 34.9. The molecule has 1 saturated carbocycles. The number of nitrogens with one attached hydrogen (secondary N) is 2. The van der Waals surface area contributed by atoms with Gasteiger partial charge >= 0.3 is 0 Å². The standard InChI is InChI=1S/C36H53N7O3/c1-23(2)25-15-19-36(20-16-25)40-32(28-9-8-10-29(21-28)46-24(3)4)34(45)43(36)30(17-18-35(5,6)7)26-11-13-27(14-12-26)33(44)39-22-31(37)41-42-38/h8-14,21,23-25,30,42H,15-20,22,38H2,1-7H3,(H2,37,41)(H,39,44)/t25?,30-,36?/m1/s1. The molecule has 250 valence electrons. The summed E-state index contributed by atoms with van der Waals surface area (Å²) in [6.07, 6.45) is 5.38. The number of nitrogens with two attached hydrogens (primary N) is 2. The number of benzene rings is 2. The van der Waals surface area contributed by atoms with Gasteiger partial charge in [-0.05, 0) is 99.5 Å². The highest BCUT2D eigenvalue weighted by Gasteiger charge is 2.52. The summed E-state index contributed by atoms with van der Waals surface area (Å²) in [4.78, 5) is 35.0. The number of hydrazone groups is 1. The number of ether oxygens (including phenoxy) is 1. The zero-order chi connectivity index (χ0) is 33.6. The Morgan fingerprint density at radius 2 is 1.78 bits per heavy atom. The lowest BCUT2D eigenvalue weighted by Crippen LogP contribution is -2.51. The van der Waals surface area contributed by atoms with Crippen molar-refractivity contribution in [3.05, 3.63) is 65.2 Å². The van der Waals surface area contributed by atoms with Crippen LogP contribution in [0.5, 0.6) is 5.75 Å². The maximum atomic E-state index is 14.7. The van der Waals surface area contributed by atoms with Crippen molar-refractivity contribution < 1.29 is 14.3 Å². The van der Waals surface area contributed by atoms with Gasteiger partial charge in [-0.25, -0.2) is 11.4 Å². The minimum Gasteiger partial charge on any atom is -0.491 e. The molecule has 6 N–H and O–H groups in total. The Hall–Kier alpha value is -3.92. The zero-order valence-electron chi connectivity index (χ0n) is 28.6. The van der Waals surface area contributed by atoms with Crippen LogP contribution < -0.4 is 27.2 Å². The molecule has 1 heterocycles. The lowest BCUT2D eigenvalue weighted by molar-refractivity contribution is -0.133. The molecular weight excluding hydrogens is 578 g/mol. The third kappa shape index (κ3) is 8.46. The topological polar surface area (TPSA) is 147 Å². The van der Waals surface area contributed by atoms with Crippen LogP contribution in [0.4, 0.5) is 0 Å². The molecule has 0 saturated heterocycles. The summed E-state index contributed by atoms with van der Waals surface area (Å²) in [7, 11) is 0. The molecule has 10 nitrogen and oxygen atoms in total. The second-order valence-corrected chi connectivity index (χ2v) is 14.5. The van der Waals surface area contributed by atoms with E-state index in [-0.39, 0.29) is 41.8 Å². The summed E-state index contributed by atoms with van der Waals surface area (Å²) in [5.74, 6) is 6.93. The van der Waals surface area contributed by atoms with Crippen molar-refractivity contribution in [3.63, 3.8) is 0 Å². The largest absolute Gasteiger partial charge is 0.491 e. The Labute approximate surface area is 274 Å². The number of aliphatic imine (C=N–C) groups is 1. The molecule has 1 aliphatic carbocycles. The van der Waals surface area contributed by atoms with Gasteiger partial charge < -0.3 is 20.7 Å². The fourth-order valence-electron chi connectivity index (χ4n) is 6.61. The molecular formula is C36H53N7O3. The summed E-state index contributed by atoms with van der Waals surface area (Å²) in [6, 6.07) is 15.1. The summed E-state index contributed by atoms with van der Waals surface area (Å²) < 4.78 is 5.98. The van der Waals surface area contributed by atoms with Crippen LogP contribution in [0.3, 0.4) is 0 Å². The number of carbonyl (C=O) groups is 2. The monoisotopic (exact) mass is 631 g/mol. The third-order valence-corrected chi connectivity index (χ3v) is 9.12. The van der Waals surface area contributed by atoms with Crippen LogP contribution in [-0.4, -0.2) is 46.6 Å². The molecule has 4 rings (SSSR count). The van der Waals surface area contributed by atoms with Gasteiger partial charge in [0.15, 0.2) is 0 Å². The van der Waals surface area contributed by atoms with Crippen LogP contribution in [0.25, 0.3) is 0 Å². The Morgan fingerprint density at radius 3 is 2.37 bits per heavy atom. The number of nitrogens with zero attached hydrogens (tertiary/aromatic N) is 3. The van der Waals surface area contributed by atoms with Crippen molar-refractivity contribution in [2.75, 3.05) is 6.54 Å². The molecule has 1 aliphatic heterocycles. The number of amides is 2.